The standard InChI is InChI=1S/C16H14F3N5O3/c1-8-5-13(23-27-8)21-15(25)10-7-14-20-9(11-3-2-4-26-11)6-12(16(17,18)19)24(14)22-10/h2-5,7,9,12,20H,6H2,1H3,(H,21,23,25)/t9-,12-/m1/s1. The fourth-order valence-electron chi connectivity index (χ4n) is 2.97. The highest BCUT2D eigenvalue weighted by Crippen LogP contribution is 2.43. The lowest BCUT2D eigenvalue weighted by molar-refractivity contribution is -0.174. The molecule has 3 aromatic heterocycles. The number of carbonyl (C=O) groups is 1. The van der Waals surface area contributed by atoms with Crippen molar-refractivity contribution in [1.82, 2.24) is 14.9 Å². The molecule has 0 unspecified atom stereocenters. The number of nitrogens with zero attached hydrogens (tertiary/aromatic N) is 3. The lowest BCUT2D eigenvalue weighted by Crippen LogP contribution is -2.35. The fraction of sp³-hybridized carbons (Fsp3) is 0.312. The summed E-state index contributed by atoms with van der Waals surface area (Å²) in [7, 11) is 0. The van der Waals surface area contributed by atoms with Crippen LogP contribution >= 0.6 is 0 Å². The summed E-state index contributed by atoms with van der Waals surface area (Å²) in [5.41, 5.74) is -0.174. The molecular weight excluding hydrogens is 367 g/mol. The van der Waals surface area contributed by atoms with Crippen LogP contribution < -0.4 is 10.6 Å². The van der Waals surface area contributed by atoms with E-state index in [1.165, 1.54) is 18.4 Å². The van der Waals surface area contributed by atoms with E-state index in [1.807, 2.05) is 0 Å². The third-order valence-corrected chi connectivity index (χ3v) is 4.18. The molecular formula is C16H14F3N5O3. The first-order valence-electron chi connectivity index (χ1n) is 8.02. The molecule has 0 saturated heterocycles. The van der Waals surface area contributed by atoms with Crippen molar-refractivity contribution in [2.24, 2.45) is 0 Å². The van der Waals surface area contributed by atoms with Gasteiger partial charge in [0.05, 0.1) is 12.3 Å². The van der Waals surface area contributed by atoms with Gasteiger partial charge in [-0.2, -0.15) is 18.3 Å². The lowest BCUT2D eigenvalue weighted by atomic mass is 10.0. The molecule has 0 aliphatic carbocycles. The molecule has 2 atom stereocenters. The van der Waals surface area contributed by atoms with E-state index in [4.69, 9.17) is 8.94 Å². The first kappa shape index (κ1) is 17.2. The van der Waals surface area contributed by atoms with Crippen molar-refractivity contribution in [1.29, 1.82) is 0 Å². The summed E-state index contributed by atoms with van der Waals surface area (Å²) >= 11 is 0. The summed E-state index contributed by atoms with van der Waals surface area (Å²) in [6.07, 6.45) is -3.45. The molecule has 0 bridgehead atoms. The summed E-state index contributed by atoms with van der Waals surface area (Å²) in [5.74, 6) is 0.390. The van der Waals surface area contributed by atoms with Crippen molar-refractivity contribution in [2.75, 3.05) is 10.6 Å². The number of aromatic nitrogens is 3. The third-order valence-electron chi connectivity index (χ3n) is 4.18. The zero-order chi connectivity index (χ0) is 19.2. The van der Waals surface area contributed by atoms with E-state index < -0.39 is 24.2 Å². The number of hydrogen-bond acceptors (Lipinski definition) is 6. The highest BCUT2D eigenvalue weighted by molar-refractivity contribution is 6.02. The van der Waals surface area contributed by atoms with Crippen LogP contribution in [0, 0.1) is 6.92 Å². The van der Waals surface area contributed by atoms with Gasteiger partial charge in [0.15, 0.2) is 17.6 Å². The van der Waals surface area contributed by atoms with Gasteiger partial charge in [-0.25, -0.2) is 4.68 Å². The Labute approximate surface area is 150 Å². The first-order valence-corrected chi connectivity index (χ1v) is 8.02. The van der Waals surface area contributed by atoms with Crippen molar-refractivity contribution in [2.45, 2.75) is 31.6 Å². The van der Waals surface area contributed by atoms with Gasteiger partial charge in [0.1, 0.15) is 17.3 Å². The molecule has 4 rings (SSSR count). The van der Waals surface area contributed by atoms with Crippen molar-refractivity contribution >= 4 is 17.5 Å². The van der Waals surface area contributed by atoms with Crippen molar-refractivity contribution in [3.05, 3.63) is 47.7 Å². The number of amides is 1. The van der Waals surface area contributed by atoms with Crippen molar-refractivity contribution < 1.29 is 26.9 Å². The maximum absolute atomic E-state index is 13.6. The molecule has 0 spiro atoms. The van der Waals surface area contributed by atoms with Crippen molar-refractivity contribution in [3.63, 3.8) is 0 Å². The zero-order valence-electron chi connectivity index (χ0n) is 13.9. The number of fused-ring (bicyclic) bond motifs is 1. The Morgan fingerprint density at radius 1 is 1.41 bits per heavy atom. The number of aryl methyl sites for hydroxylation is 1. The van der Waals surface area contributed by atoms with Crippen LogP contribution in [-0.4, -0.2) is 27.0 Å². The Hall–Kier alpha value is -3.24. The maximum atomic E-state index is 13.6. The average molecular weight is 381 g/mol. The van der Waals surface area contributed by atoms with Crippen molar-refractivity contribution in [3.8, 4) is 0 Å². The number of anilines is 2. The van der Waals surface area contributed by atoms with Gasteiger partial charge in [-0.05, 0) is 19.1 Å². The average Bonchev–Trinajstić information content (AvgIpc) is 3.32. The topological polar surface area (TPSA) is 98.1 Å². The summed E-state index contributed by atoms with van der Waals surface area (Å²) in [5, 5.41) is 12.8. The summed E-state index contributed by atoms with van der Waals surface area (Å²) in [6.45, 7) is 1.64. The molecule has 0 fully saturated rings. The van der Waals surface area contributed by atoms with Crippen LogP contribution in [0.2, 0.25) is 0 Å². The second kappa shape index (κ2) is 6.18. The quantitative estimate of drug-likeness (QED) is 0.718. The van der Waals surface area contributed by atoms with Gasteiger partial charge in [0.25, 0.3) is 5.91 Å². The largest absolute Gasteiger partial charge is 0.467 e. The van der Waals surface area contributed by atoms with Crippen LogP contribution in [-0.2, 0) is 0 Å². The molecule has 142 valence electrons. The number of hydrogen-bond donors (Lipinski definition) is 2. The van der Waals surface area contributed by atoms with Crippen LogP contribution in [0.4, 0.5) is 24.8 Å². The zero-order valence-corrected chi connectivity index (χ0v) is 13.9. The Kier molecular flexibility index (Phi) is 3.93. The van der Waals surface area contributed by atoms with Gasteiger partial charge < -0.3 is 19.6 Å². The van der Waals surface area contributed by atoms with Gasteiger partial charge in [0.2, 0.25) is 0 Å². The second-order valence-corrected chi connectivity index (χ2v) is 6.14. The minimum atomic E-state index is -4.54. The normalized spacial score (nSPS) is 19.4. The Bertz CT molecular complexity index is 961. The van der Waals surface area contributed by atoms with Gasteiger partial charge >= 0.3 is 6.18 Å². The predicted molar refractivity (Wildman–Crippen MR) is 86.2 cm³/mol. The number of furan rings is 1. The molecule has 0 aromatic carbocycles. The van der Waals surface area contributed by atoms with Gasteiger partial charge in [-0.15, -0.1) is 0 Å². The van der Waals surface area contributed by atoms with E-state index >= 15 is 0 Å². The molecule has 1 aliphatic rings. The minimum Gasteiger partial charge on any atom is -0.467 e. The lowest BCUT2D eigenvalue weighted by Gasteiger charge is -2.32. The van der Waals surface area contributed by atoms with Crippen LogP contribution in [0.5, 0.6) is 0 Å². The molecule has 4 heterocycles. The Morgan fingerprint density at radius 2 is 2.22 bits per heavy atom. The molecule has 27 heavy (non-hydrogen) atoms. The predicted octanol–water partition coefficient (Wildman–Crippen LogP) is 3.69. The molecule has 1 amide bonds. The van der Waals surface area contributed by atoms with Gasteiger partial charge in [-0.3, -0.25) is 4.79 Å². The smallest absolute Gasteiger partial charge is 0.410 e. The molecule has 2 N–H and O–H groups in total. The van der Waals surface area contributed by atoms with Gasteiger partial charge in [0, 0.05) is 18.6 Å². The first-order chi connectivity index (χ1) is 12.8. The molecule has 0 radical (unpaired) electrons. The molecule has 3 aromatic rings. The Balaban J connectivity index is 1.64. The molecule has 1 aliphatic heterocycles. The van der Waals surface area contributed by atoms with E-state index in [0.29, 0.717) is 11.5 Å². The van der Waals surface area contributed by atoms with Crippen LogP contribution in [0.3, 0.4) is 0 Å². The highest BCUT2D eigenvalue weighted by atomic mass is 19.4. The van der Waals surface area contributed by atoms with Crippen LogP contribution in [0.25, 0.3) is 0 Å². The summed E-state index contributed by atoms with van der Waals surface area (Å²) in [4.78, 5) is 12.3. The number of alkyl halides is 3. The number of carbonyl (C=O) groups excluding carboxylic acids is 1. The van der Waals surface area contributed by atoms with E-state index in [9.17, 15) is 18.0 Å². The molecule has 11 heteroatoms. The third kappa shape index (κ3) is 3.27. The minimum absolute atomic E-state index is 0.0754. The maximum Gasteiger partial charge on any atom is 0.410 e. The van der Waals surface area contributed by atoms with Crippen LogP contribution in [0.1, 0.15) is 40.5 Å². The monoisotopic (exact) mass is 381 g/mol. The van der Waals surface area contributed by atoms with Crippen LogP contribution in [0.15, 0.2) is 39.5 Å². The second-order valence-electron chi connectivity index (χ2n) is 6.14. The number of halogens is 3. The SMILES string of the molecule is Cc1cc(NC(=O)c2cc3n(n2)[C@@H](C(F)(F)F)C[C@H](c2ccco2)N3)no1. The van der Waals surface area contributed by atoms with Gasteiger partial charge in [-0.1, -0.05) is 5.16 Å². The van der Waals surface area contributed by atoms with E-state index in [2.05, 4.69) is 20.9 Å². The molecule has 0 saturated carbocycles. The van der Waals surface area contributed by atoms with E-state index in [1.54, 1.807) is 19.1 Å². The number of rotatable bonds is 3. The number of nitrogens with one attached hydrogen (secondary N) is 2. The summed E-state index contributed by atoms with van der Waals surface area (Å²) < 4.78 is 51.5. The fourth-order valence-corrected chi connectivity index (χ4v) is 2.97. The Morgan fingerprint density at radius 3 is 2.85 bits per heavy atom. The summed E-state index contributed by atoms with van der Waals surface area (Å²) in [6, 6.07) is 3.36. The highest BCUT2D eigenvalue weighted by Gasteiger charge is 2.47. The molecule has 8 nitrogen and oxygen atoms in total. The van der Waals surface area contributed by atoms with E-state index in [0.717, 1.165) is 4.68 Å². The van der Waals surface area contributed by atoms with E-state index in [-0.39, 0.29) is 23.8 Å².